The van der Waals surface area contributed by atoms with Gasteiger partial charge in [-0.05, 0) is 24.9 Å². The zero-order chi connectivity index (χ0) is 14.7. The van der Waals surface area contributed by atoms with E-state index in [0.717, 1.165) is 40.8 Å². The Morgan fingerprint density at radius 2 is 2.33 bits per heavy atom. The van der Waals surface area contributed by atoms with Gasteiger partial charge in [-0.25, -0.2) is 9.97 Å². The van der Waals surface area contributed by atoms with Crippen LogP contribution in [0.2, 0.25) is 0 Å². The maximum Gasteiger partial charge on any atom is 0.148 e. The molecule has 110 valence electrons. The summed E-state index contributed by atoms with van der Waals surface area (Å²) in [6.07, 6.45) is 6.59. The Kier molecular flexibility index (Phi) is 4.16. The number of nitrogens with two attached hydrogens (primary N) is 1. The minimum atomic E-state index is 0.544. The molecule has 6 nitrogen and oxygen atoms in total. The van der Waals surface area contributed by atoms with E-state index in [1.54, 1.807) is 17.5 Å². The second-order valence-electron chi connectivity index (χ2n) is 4.60. The van der Waals surface area contributed by atoms with Crippen molar-refractivity contribution >= 4 is 33.7 Å². The molecule has 8 heteroatoms. The highest BCUT2D eigenvalue weighted by Gasteiger charge is 2.15. The highest BCUT2D eigenvalue weighted by Crippen LogP contribution is 2.36. The molecule has 0 aromatic carbocycles. The number of nitrogen functional groups attached to an aromatic ring is 1. The first-order valence-electron chi connectivity index (χ1n) is 6.61. The van der Waals surface area contributed by atoms with Gasteiger partial charge >= 0.3 is 0 Å². The first-order valence-corrected chi connectivity index (χ1v) is 8.26. The topological polar surface area (TPSA) is 81.6 Å². The molecule has 0 aliphatic carbocycles. The smallest absolute Gasteiger partial charge is 0.148 e. The number of anilines is 2. The zero-order valence-corrected chi connectivity index (χ0v) is 13.2. The van der Waals surface area contributed by atoms with Crippen molar-refractivity contribution < 1.29 is 0 Å². The number of nitrogens with zero attached hydrogens (tertiary/aromatic N) is 4. The van der Waals surface area contributed by atoms with Gasteiger partial charge in [-0.15, -0.1) is 11.3 Å². The van der Waals surface area contributed by atoms with E-state index in [4.69, 9.17) is 5.73 Å². The van der Waals surface area contributed by atoms with Crippen LogP contribution in [0.4, 0.5) is 10.8 Å². The monoisotopic (exact) mass is 320 g/mol. The summed E-state index contributed by atoms with van der Waals surface area (Å²) >= 11 is 3.01. The molecule has 0 aliphatic heterocycles. The quantitative estimate of drug-likeness (QED) is 0.683. The third-order valence-corrected chi connectivity index (χ3v) is 4.62. The van der Waals surface area contributed by atoms with Gasteiger partial charge in [-0.2, -0.15) is 4.37 Å². The third kappa shape index (κ3) is 3.22. The minimum Gasteiger partial charge on any atom is -0.382 e. The first kappa shape index (κ1) is 14.0. The van der Waals surface area contributed by atoms with E-state index in [-0.39, 0.29) is 0 Å². The van der Waals surface area contributed by atoms with E-state index in [1.807, 2.05) is 24.8 Å². The van der Waals surface area contributed by atoms with Crippen LogP contribution in [-0.2, 0) is 6.54 Å². The Labute approximate surface area is 130 Å². The second kappa shape index (κ2) is 6.23. The largest absolute Gasteiger partial charge is 0.382 e. The lowest BCUT2D eigenvalue weighted by Crippen LogP contribution is -2.05. The van der Waals surface area contributed by atoms with Crippen molar-refractivity contribution in [1.29, 1.82) is 0 Å². The Morgan fingerprint density at radius 3 is 3.05 bits per heavy atom. The van der Waals surface area contributed by atoms with Crippen LogP contribution in [-0.4, -0.2) is 25.5 Å². The average Bonchev–Trinajstić information content (AvgIpc) is 3.17. The van der Waals surface area contributed by atoms with E-state index in [2.05, 4.69) is 24.2 Å². The summed E-state index contributed by atoms with van der Waals surface area (Å²) in [5.41, 5.74) is 7.80. The predicted molar refractivity (Wildman–Crippen MR) is 87.7 cm³/mol. The van der Waals surface area contributed by atoms with Crippen LogP contribution in [0.25, 0.3) is 11.3 Å². The Morgan fingerprint density at radius 1 is 1.43 bits per heavy atom. The first-order chi connectivity index (χ1) is 10.2. The van der Waals surface area contributed by atoms with Crippen LogP contribution in [0.1, 0.15) is 11.4 Å². The molecule has 3 heterocycles. The van der Waals surface area contributed by atoms with Gasteiger partial charge in [-0.1, -0.05) is 0 Å². The van der Waals surface area contributed by atoms with Gasteiger partial charge in [0.2, 0.25) is 0 Å². The average molecular weight is 320 g/mol. The van der Waals surface area contributed by atoms with Crippen molar-refractivity contribution in [1.82, 2.24) is 18.9 Å². The zero-order valence-electron chi connectivity index (χ0n) is 11.6. The summed E-state index contributed by atoms with van der Waals surface area (Å²) < 4.78 is 6.30. The Hall–Kier alpha value is -1.93. The number of imidazole rings is 1. The molecular weight excluding hydrogens is 304 g/mol. The van der Waals surface area contributed by atoms with Crippen molar-refractivity contribution in [2.75, 3.05) is 17.6 Å². The minimum absolute atomic E-state index is 0.544. The fourth-order valence-electron chi connectivity index (χ4n) is 2.03. The van der Waals surface area contributed by atoms with Gasteiger partial charge in [0.15, 0.2) is 0 Å². The highest BCUT2D eigenvalue weighted by molar-refractivity contribution is 7.11. The normalized spacial score (nSPS) is 10.9. The molecule has 3 N–H and O–H groups in total. The van der Waals surface area contributed by atoms with Crippen LogP contribution in [0.5, 0.6) is 0 Å². The Bertz CT molecular complexity index is 700. The molecule has 0 radical (unpaired) electrons. The SMILES string of the molecule is Cc1nc(-c2c(N)nsc2NCCCn2ccnc2)cs1. The van der Waals surface area contributed by atoms with Crippen LogP contribution in [0.15, 0.2) is 24.1 Å². The van der Waals surface area contributed by atoms with Gasteiger partial charge in [0, 0.05) is 30.9 Å². The van der Waals surface area contributed by atoms with Crippen LogP contribution >= 0.6 is 22.9 Å². The molecule has 0 bridgehead atoms. The molecule has 0 fully saturated rings. The number of rotatable bonds is 6. The summed E-state index contributed by atoms with van der Waals surface area (Å²) in [5, 5.41) is 7.45. The van der Waals surface area contributed by atoms with Gasteiger partial charge in [-0.3, -0.25) is 0 Å². The summed E-state index contributed by atoms with van der Waals surface area (Å²) in [4.78, 5) is 8.53. The maximum absolute atomic E-state index is 5.98. The van der Waals surface area contributed by atoms with Crippen LogP contribution in [0.3, 0.4) is 0 Å². The summed E-state index contributed by atoms with van der Waals surface area (Å²) in [7, 11) is 0. The molecule has 3 aromatic heterocycles. The summed E-state index contributed by atoms with van der Waals surface area (Å²) in [6.45, 7) is 3.78. The van der Waals surface area contributed by atoms with Crippen molar-refractivity contribution in [2.45, 2.75) is 19.9 Å². The van der Waals surface area contributed by atoms with Crippen molar-refractivity contribution in [3.05, 3.63) is 29.1 Å². The van der Waals surface area contributed by atoms with Crippen molar-refractivity contribution in [2.24, 2.45) is 0 Å². The summed E-state index contributed by atoms with van der Waals surface area (Å²) in [6, 6.07) is 0. The van der Waals surface area contributed by atoms with Crippen LogP contribution in [0, 0.1) is 6.92 Å². The molecule has 3 aromatic rings. The number of aromatic nitrogens is 4. The maximum atomic E-state index is 5.98. The molecule has 3 rings (SSSR count). The van der Waals surface area contributed by atoms with Gasteiger partial charge in [0.25, 0.3) is 0 Å². The number of hydrogen-bond donors (Lipinski definition) is 2. The van der Waals surface area contributed by atoms with Crippen molar-refractivity contribution in [3.63, 3.8) is 0 Å². The molecule has 0 saturated carbocycles. The molecular formula is C13H16N6S2. The van der Waals surface area contributed by atoms with E-state index in [1.165, 1.54) is 11.5 Å². The fraction of sp³-hybridized carbons (Fsp3) is 0.308. The van der Waals surface area contributed by atoms with E-state index in [0.29, 0.717) is 5.82 Å². The van der Waals surface area contributed by atoms with E-state index in [9.17, 15) is 0 Å². The van der Waals surface area contributed by atoms with E-state index < -0.39 is 0 Å². The van der Waals surface area contributed by atoms with Gasteiger partial charge in [0.05, 0.1) is 22.6 Å². The molecule has 0 spiro atoms. The van der Waals surface area contributed by atoms with Crippen LogP contribution < -0.4 is 11.1 Å². The number of aryl methyl sites for hydroxylation is 2. The lowest BCUT2D eigenvalue weighted by Gasteiger charge is -2.06. The molecule has 0 atom stereocenters. The Balaban J connectivity index is 1.63. The number of thiazole rings is 1. The van der Waals surface area contributed by atoms with Gasteiger partial charge in [0.1, 0.15) is 10.8 Å². The number of nitrogens with one attached hydrogen (secondary N) is 1. The molecule has 21 heavy (non-hydrogen) atoms. The second-order valence-corrected chi connectivity index (χ2v) is 6.44. The molecule has 0 saturated heterocycles. The predicted octanol–water partition coefficient (Wildman–Crippen LogP) is 2.86. The third-order valence-electron chi connectivity index (χ3n) is 3.03. The lowest BCUT2D eigenvalue weighted by atomic mass is 10.2. The van der Waals surface area contributed by atoms with E-state index >= 15 is 0 Å². The standard InChI is InChI=1S/C13H16N6S2/c1-9-17-10(7-20-9)11-12(14)18-21-13(11)16-3-2-5-19-6-4-15-8-19/h4,6-8,16H,2-3,5H2,1H3,(H2,14,18). The van der Waals surface area contributed by atoms with Gasteiger partial charge < -0.3 is 15.6 Å². The highest BCUT2D eigenvalue weighted by atomic mass is 32.1. The van der Waals surface area contributed by atoms with Crippen molar-refractivity contribution in [3.8, 4) is 11.3 Å². The molecule has 0 amide bonds. The summed E-state index contributed by atoms with van der Waals surface area (Å²) in [5.74, 6) is 0.544. The lowest BCUT2D eigenvalue weighted by molar-refractivity contribution is 0.661. The molecule has 0 aliphatic rings. The molecule has 0 unspecified atom stereocenters. The number of hydrogen-bond acceptors (Lipinski definition) is 7. The fourth-order valence-corrected chi connectivity index (χ4v) is 3.38.